The van der Waals surface area contributed by atoms with Crippen molar-refractivity contribution in [1.29, 1.82) is 0 Å². The van der Waals surface area contributed by atoms with Crippen molar-refractivity contribution >= 4 is 29.5 Å². The summed E-state index contributed by atoms with van der Waals surface area (Å²) in [7, 11) is 0. The topological polar surface area (TPSA) is 59.0 Å². The summed E-state index contributed by atoms with van der Waals surface area (Å²) in [6.07, 6.45) is 3.22. The molecule has 0 bridgehead atoms. The first-order valence-corrected chi connectivity index (χ1v) is 8.61. The average Bonchev–Trinajstić information content (AvgIpc) is 3.23. The van der Waals surface area contributed by atoms with Crippen molar-refractivity contribution in [3.05, 3.63) is 70.9 Å². The van der Waals surface area contributed by atoms with Gasteiger partial charge in [0.15, 0.2) is 5.70 Å². The number of esters is 1. The van der Waals surface area contributed by atoms with E-state index in [1.807, 2.05) is 55.5 Å². The molecule has 130 valence electrons. The van der Waals surface area contributed by atoms with Gasteiger partial charge in [0, 0.05) is 24.2 Å². The number of amides is 1. The van der Waals surface area contributed by atoms with Gasteiger partial charge in [0.25, 0.3) is 0 Å². The van der Waals surface area contributed by atoms with Crippen molar-refractivity contribution in [1.82, 2.24) is 0 Å². The van der Waals surface area contributed by atoms with Gasteiger partial charge in [-0.15, -0.1) is 0 Å². The molecule has 4 rings (SSSR count). The second-order valence-electron chi connectivity index (χ2n) is 6.39. The van der Waals surface area contributed by atoms with Gasteiger partial charge in [-0.3, -0.25) is 4.79 Å². The maximum Gasteiger partial charge on any atom is 0.363 e. The van der Waals surface area contributed by atoms with E-state index < -0.39 is 5.97 Å². The van der Waals surface area contributed by atoms with Gasteiger partial charge in [0.05, 0.1) is 0 Å². The summed E-state index contributed by atoms with van der Waals surface area (Å²) in [5.74, 6) is -0.0259. The van der Waals surface area contributed by atoms with E-state index in [1.165, 1.54) is 0 Å². The highest BCUT2D eigenvalue weighted by Crippen LogP contribution is 2.24. The van der Waals surface area contributed by atoms with Crippen LogP contribution in [0.2, 0.25) is 0 Å². The van der Waals surface area contributed by atoms with E-state index in [-0.39, 0.29) is 17.5 Å². The van der Waals surface area contributed by atoms with Crippen LogP contribution >= 0.6 is 0 Å². The van der Waals surface area contributed by atoms with Gasteiger partial charge < -0.3 is 9.64 Å². The van der Waals surface area contributed by atoms with Gasteiger partial charge in [0.1, 0.15) is 0 Å². The van der Waals surface area contributed by atoms with Crippen molar-refractivity contribution in [3.8, 4) is 0 Å². The van der Waals surface area contributed by atoms with Crippen molar-refractivity contribution in [3.63, 3.8) is 0 Å². The number of benzene rings is 2. The van der Waals surface area contributed by atoms with Crippen LogP contribution in [0, 0.1) is 6.92 Å². The van der Waals surface area contributed by atoms with Gasteiger partial charge in [-0.1, -0.05) is 24.3 Å². The molecule has 26 heavy (non-hydrogen) atoms. The van der Waals surface area contributed by atoms with Crippen LogP contribution in [0.25, 0.3) is 6.08 Å². The molecular formula is C21H18N2O3. The van der Waals surface area contributed by atoms with Crippen LogP contribution in [0.3, 0.4) is 0 Å². The van der Waals surface area contributed by atoms with Gasteiger partial charge in [-0.2, -0.15) is 0 Å². The van der Waals surface area contributed by atoms with E-state index >= 15 is 0 Å². The number of aryl methyl sites for hydroxylation is 1. The number of ether oxygens (including phenoxy) is 1. The zero-order valence-electron chi connectivity index (χ0n) is 14.4. The van der Waals surface area contributed by atoms with E-state index in [4.69, 9.17) is 4.74 Å². The summed E-state index contributed by atoms with van der Waals surface area (Å²) in [4.78, 5) is 30.1. The Balaban J connectivity index is 1.59. The zero-order valence-corrected chi connectivity index (χ0v) is 14.4. The lowest BCUT2D eigenvalue weighted by Gasteiger charge is -2.15. The average molecular weight is 346 g/mol. The van der Waals surface area contributed by atoms with Crippen molar-refractivity contribution in [2.75, 3.05) is 11.4 Å². The van der Waals surface area contributed by atoms with Crippen LogP contribution in [0.15, 0.2) is 59.2 Å². The van der Waals surface area contributed by atoms with Crippen molar-refractivity contribution in [2.24, 2.45) is 4.99 Å². The van der Waals surface area contributed by atoms with E-state index in [9.17, 15) is 9.59 Å². The number of hydrogen-bond acceptors (Lipinski definition) is 4. The molecule has 1 fully saturated rings. The Hall–Kier alpha value is -3.21. The summed E-state index contributed by atoms with van der Waals surface area (Å²) < 4.78 is 5.32. The van der Waals surface area contributed by atoms with Gasteiger partial charge >= 0.3 is 5.97 Å². The van der Waals surface area contributed by atoms with Gasteiger partial charge in [0.2, 0.25) is 11.8 Å². The number of anilines is 1. The Morgan fingerprint density at radius 2 is 1.85 bits per heavy atom. The van der Waals surface area contributed by atoms with Crippen LogP contribution in [0.4, 0.5) is 5.69 Å². The molecule has 2 aromatic rings. The molecule has 1 amide bonds. The van der Waals surface area contributed by atoms with Crippen LogP contribution < -0.4 is 4.90 Å². The SMILES string of the molecule is Cc1ccccc1/C=C1/N=C(c2ccc(N3CCCC3=O)cc2)OC1=O. The number of cyclic esters (lactones) is 1. The summed E-state index contributed by atoms with van der Waals surface area (Å²) in [6.45, 7) is 2.73. The predicted molar refractivity (Wildman–Crippen MR) is 99.8 cm³/mol. The molecular weight excluding hydrogens is 328 g/mol. The third kappa shape index (κ3) is 3.04. The summed E-state index contributed by atoms with van der Waals surface area (Å²) in [5, 5.41) is 0. The molecule has 0 spiro atoms. The summed E-state index contributed by atoms with van der Waals surface area (Å²) in [5.41, 5.74) is 3.86. The van der Waals surface area contributed by atoms with Crippen molar-refractivity contribution < 1.29 is 14.3 Å². The molecule has 0 unspecified atom stereocenters. The highest BCUT2D eigenvalue weighted by Gasteiger charge is 2.25. The molecule has 0 aliphatic carbocycles. The lowest BCUT2D eigenvalue weighted by molar-refractivity contribution is -0.130. The monoisotopic (exact) mass is 346 g/mol. The minimum atomic E-state index is -0.456. The van der Waals surface area contributed by atoms with Crippen LogP contribution in [-0.2, 0) is 14.3 Å². The molecule has 0 atom stereocenters. The predicted octanol–water partition coefficient (Wildman–Crippen LogP) is 3.47. The first-order valence-electron chi connectivity index (χ1n) is 8.61. The van der Waals surface area contributed by atoms with Crippen LogP contribution in [0.1, 0.15) is 29.5 Å². The minimum Gasteiger partial charge on any atom is -0.402 e. The van der Waals surface area contributed by atoms with Gasteiger partial charge in [-0.05, 0) is 54.8 Å². The number of hydrogen-bond donors (Lipinski definition) is 0. The fourth-order valence-corrected chi connectivity index (χ4v) is 3.13. The fraction of sp³-hybridized carbons (Fsp3) is 0.190. The number of carbonyl (C=O) groups excluding carboxylic acids is 2. The number of rotatable bonds is 3. The van der Waals surface area contributed by atoms with Crippen LogP contribution in [-0.4, -0.2) is 24.3 Å². The van der Waals surface area contributed by atoms with E-state index in [0.29, 0.717) is 12.0 Å². The molecule has 0 aromatic heterocycles. The smallest absolute Gasteiger partial charge is 0.363 e. The lowest BCUT2D eigenvalue weighted by atomic mass is 10.1. The maximum absolute atomic E-state index is 12.1. The minimum absolute atomic E-state index is 0.144. The first kappa shape index (κ1) is 16.3. The molecule has 5 heteroatoms. The Morgan fingerprint density at radius 1 is 1.08 bits per heavy atom. The molecule has 0 radical (unpaired) electrons. The van der Waals surface area contributed by atoms with E-state index in [1.54, 1.807) is 11.0 Å². The molecule has 2 aromatic carbocycles. The quantitative estimate of drug-likeness (QED) is 0.632. The molecule has 0 saturated carbocycles. The Labute approximate surface area is 151 Å². The van der Waals surface area contributed by atoms with E-state index in [2.05, 4.69) is 4.99 Å². The summed E-state index contributed by atoms with van der Waals surface area (Å²) >= 11 is 0. The lowest BCUT2D eigenvalue weighted by Crippen LogP contribution is -2.23. The second kappa shape index (κ2) is 6.59. The van der Waals surface area contributed by atoms with Gasteiger partial charge in [-0.25, -0.2) is 9.79 Å². The molecule has 0 N–H and O–H groups in total. The third-order valence-corrected chi connectivity index (χ3v) is 4.60. The zero-order chi connectivity index (χ0) is 18.1. The maximum atomic E-state index is 12.1. The highest BCUT2D eigenvalue weighted by atomic mass is 16.6. The molecule has 2 aliphatic heterocycles. The molecule has 2 aliphatic rings. The Kier molecular flexibility index (Phi) is 4.13. The molecule has 1 saturated heterocycles. The Bertz CT molecular complexity index is 942. The molecule has 5 nitrogen and oxygen atoms in total. The summed E-state index contributed by atoms with van der Waals surface area (Å²) in [6, 6.07) is 15.2. The highest BCUT2D eigenvalue weighted by molar-refractivity contribution is 6.13. The standard InChI is InChI=1S/C21H18N2O3/c1-14-5-2-3-6-16(14)13-18-21(25)26-20(22-18)15-8-10-17(11-9-15)23-12-4-7-19(23)24/h2-3,5-6,8-11,13H,4,7,12H2,1H3/b18-13+. The number of aliphatic imine (C=N–C) groups is 1. The first-order chi connectivity index (χ1) is 12.6. The molecule has 2 heterocycles. The largest absolute Gasteiger partial charge is 0.402 e. The van der Waals surface area contributed by atoms with Crippen LogP contribution in [0.5, 0.6) is 0 Å². The number of nitrogens with zero attached hydrogens (tertiary/aromatic N) is 2. The number of carbonyl (C=O) groups is 2. The second-order valence-corrected chi connectivity index (χ2v) is 6.39. The Morgan fingerprint density at radius 3 is 2.54 bits per heavy atom. The third-order valence-electron chi connectivity index (χ3n) is 4.60. The van der Waals surface area contributed by atoms with Crippen molar-refractivity contribution in [2.45, 2.75) is 19.8 Å². The van der Waals surface area contributed by atoms with E-state index in [0.717, 1.165) is 29.8 Å². The fourth-order valence-electron chi connectivity index (χ4n) is 3.13. The normalized spacial score (nSPS) is 18.4.